The molecule has 1 aliphatic carbocycles. The van der Waals surface area contributed by atoms with Crippen LogP contribution in [0.4, 0.5) is 0 Å². The molecule has 76 valence electrons. The maximum absolute atomic E-state index is 10.8. The fourth-order valence-electron chi connectivity index (χ4n) is 1.59. The summed E-state index contributed by atoms with van der Waals surface area (Å²) in [5.41, 5.74) is 0.138. The van der Waals surface area contributed by atoms with Crippen molar-refractivity contribution < 1.29 is 14.6 Å². The molecule has 5 heteroatoms. The van der Waals surface area contributed by atoms with Gasteiger partial charge in [0.25, 0.3) is 0 Å². The van der Waals surface area contributed by atoms with E-state index in [4.69, 9.17) is 9.84 Å². The molecule has 1 aliphatic rings. The Morgan fingerprint density at radius 2 is 2.43 bits per heavy atom. The normalized spacial score (nSPS) is 16.4. The van der Waals surface area contributed by atoms with Gasteiger partial charge in [-0.05, 0) is 19.3 Å². The first-order valence-electron chi connectivity index (χ1n) is 4.59. The van der Waals surface area contributed by atoms with Gasteiger partial charge in [-0.2, -0.15) is 5.10 Å². The molecule has 5 nitrogen and oxygen atoms in total. The standard InChI is InChI=1S/C9H12N2O3/c1-14-8-7(9(12)13)5-10-11(8)6-3-2-4-6/h5-6H,2-4H2,1H3,(H,12,13). The molecule has 0 radical (unpaired) electrons. The van der Waals surface area contributed by atoms with E-state index in [0.717, 1.165) is 12.8 Å². The number of ether oxygens (including phenoxy) is 1. The average Bonchev–Trinajstić information content (AvgIpc) is 2.44. The van der Waals surface area contributed by atoms with Gasteiger partial charge in [-0.15, -0.1) is 0 Å². The van der Waals surface area contributed by atoms with Crippen LogP contribution in [-0.4, -0.2) is 28.0 Å². The molecule has 0 aromatic carbocycles. The topological polar surface area (TPSA) is 64.3 Å². The Morgan fingerprint density at radius 1 is 1.71 bits per heavy atom. The molecule has 0 spiro atoms. The maximum atomic E-state index is 10.8. The third-order valence-electron chi connectivity index (χ3n) is 2.59. The van der Waals surface area contributed by atoms with Crippen LogP contribution in [-0.2, 0) is 0 Å². The molecule has 1 fully saturated rings. The summed E-state index contributed by atoms with van der Waals surface area (Å²) in [6.45, 7) is 0. The zero-order valence-corrected chi connectivity index (χ0v) is 7.93. The van der Waals surface area contributed by atoms with Gasteiger partial charge in [-0.3, -0.25) is 0 Å². The first-order chi connectivity index (χ1) is 6.74. The van der Waals surface area contributed by atoms with Gasteiger partial charge in [0, 0.05) is 0 Å². The van der Waals surface area contributed by atoms with Gasteiger partial charge in [0.1, 0.15) is 5.56 Å². The lowest BCUT2D eigenvalue weighted by Crippen LogP contribution is -2.19. The number of methoxy groups -OCH3 is 1. The molecule has 0 amide bonds. The summed E-state index contributed by atoms with van der Waals surface area (Å²) in [5.74, 6) is -0.630. The fourth-order valence-corrected chi connectivity index (χ4v) is 1.59. The summed E-state index contributed by atoms with van der Waals surface area (Å²) in [6.07, 6.45) is 4.63. The van der Waals surface area contributed by atoms with Crippen molar-refractivity contribution in [1.29, 1.82) is 0 Å². The molecule has 1 aromatic rings. The summed E-state index contributed by atoms with van der Waals surface area (Å²) in [7, 11) is 1.47. The van der Waals surface area contributed by atoms with Gasteiger partial charge in [0.05, 0.1) is 19.3 Å². The van der Waals surface area contributed by atoms with Gasteiger partial charge >= 0.3 is 5.97 Å². The third kappa shape index (κ3) is 1.25. The van der Waals surface area contributed by atoms with Crippen molar-refractivity contribution in [3.63, 3.8) is 0 Å². The van der Waals surface area contributed by atoms with Crippen LogP contribution >= 0.6 is 0 Å². The van der Waals surface area contributed by atoms with Crippen molar-refractivity contribution in [2.75, 3.05) is 7.11 Å². The van der Waals surface area contributed by atoms with Crippen molar-refractivity contribution in [1.82, 2.24) is 9.78 Å². The van der Waals surface area contributed by atoms with E-state index in [9.17, 15) is 4.79 Å². The van der Waals surface area contributed by atoms with Crippen LogP contribution in [0.2, 0.25) is 0 Å². The van der Waals surface area contributed by atoms with Crippen LogP contribution in [0.1, 0.15) is 35.7 Å². The molecule has 2 rings (SSSR count). The Morgan fingerprint density at radius 3 is 2.86 bits per heavy atom. The highest BCUT2D eigenvalue weighted by molar-refractivity contribution is 5.89. The van der Waals surface area contributed by atoms with Gasteiger partial charge < -0.3 is 9.84 Å². The third-order valence-corrected chi connectivity index (χ3v) is 2.59. The lowest BCUT2D eigenvalue weighted by atomic mass is 9.93. The zero-order valence-electron chi connectivity index (χ0n) is 7.93. The van der Waals surface area contributed by atoms with E-state index >= 15 is 0 Å². The van der Waals surface area contributed by atoms with Gasteiger partial charge in [-0.1, -0.05) is 0 Å². The number of nitrogens with zero attached hydrogens (tertiary/aromatic N) is 2. The molecular formula is C9H12N2O3. The van der Waals surface area contributed by atoms with Crippen molar-refractivity contribution in [3.8, 4) is 5.88 Å². The second kappa shape index (κ2) is 3.32. The first kappa shape index (κ1) is 9.05. The van der Waals surface area contributed by atoms with E-state index in [1.807, 2.05) is 0 Å². The minimum Gasteiger partial charge on any atom is -0.481 e. The number of aromatic carboxylic acids is 1. The Balaban J connectivity index is 2.35. The molecule has 0 unspecified atom stereocenters. The molecule has 1 aromatic heterocycles. The SMILES string of the molecule is COc1c(C(=O)O)cnn1C1CCC1. The van der Waals surface area contributed by atoms with Crippen molar-refractivity contribution >= 4 is 5.97 Å². The second-order valence-electron chi connectivity index (χ2n) is 3.40. The van der Waals surface area contributed by atoms with Crippen LogP contribution in [0.15, 0.2) is 6.20 Å². The fraction of sp³-hybridized carbons (Fsp3) is 0.556. The number of carboxylic acid groups (broad SMARTS) is 1. The number of carboxylic acids is 1. The lowest BCUT2D eigenvalue weighted by molar-refractivity contribution is 0.0692. The van der Waals surface area contributed by atoms with Crippen LogP contribution in [0.25, 0.3) is 0 Å². The molecule has 1 heterocycles. The predicted molar refractivity (Wildman–Crippen MR) is 48.6 cm³/mol. The molecule has 14 heavy (non-hydrogen) atoms. The zero-order chi connectivity index (χ0) is 10.1. The number of carbonyl (C=O) groups is 1. The Labute approximate surface area is 81.3 Å². The van der Waals surface area contributed by atoms with Crippen LogP contribution in [0.5, 0.6) is 5.88 Å². The van der Waals surface area contributed by atoms with Crippen LogP contribution < -0.4 is 4.74 Å². The maximum Gasteiger partial charge on any atom is 0.342 e. The van der Waals surface area contributed by atoms with Gasteiger partial charge in [0.2, 0.25) is 5.88 Å². The van der Waals surface area contributed by atoms with Gasteiger partial charge in [0.15, 0.2) is 0 Å². The highest BCUT2D eigenvalue weighted by atomic mass is 16.5. The van der Waals surface area contributed by atoms with E-state index < -0.39 is 5.97 Å². The largest absolute Gasteiger partial charge is 0.481 e. The summed E-state index contributed by atoms with van der Waals surface area (Å²) in [4.78, 5) is 10.8. The highest BCUT2D eigenvalue weighted by Gasteiger charge is 2.26. The molecule has 0 bridgehead atoms. The Kier molecular flexibility index (Phi) is 2.15. The Hall–Kier alpha value is -1.52. The molecular weight excluding hydrogens is 184 g/mol. The van der Waals surface area contributed by atoms with E-state index in [1.54, 1.807) is 4.68 Å². The summed E-state index contributed by atoms with van der Waals surface area (Å²) in [6, 6.07) is 0.318. The van der Waals surface area contributed by atoms with E-state index in [2.05, 4.69) is 5.10 Å². The smallest absolute Gasteiger partial charge is 0.342 e. The lowest BCUT2D eigenvalue weighted by Gasteiger charge is -2.26. The van der Waals surface area contributed by atoms with Crippen molar-refractivity contribution in [3.05, 3.63) is 11.8 Å². The number of rotatable bonds is 3. The summed E-state index contributed by atoms with van der Waals surface area (Å²) < 4.78 is 6.73. The highest BCUT2D eigenvalue weighted by Crippen LogP contribution is 2.35. The summed E-state index contributed by atoms with van der Waals surface area (Å²) >= 11 is 0. The molecule has 0 aliphatic heterocycles. The monoisotopic (exact) mass is 196 g/mol. The Bertz CT molecular complexity index is 355. The minimum absolute atomic E-state index is 0.138. The van der Waals surface area contributed by atoms with Crippen LogP contribution in [0.3, 0.4) is 0 Å². The predicted octanol–water partition coefficient (Wildman–Crippen LogP) is 1.31. The number of hydrogen-bond acceptors (Lipinski definition) is 3. The second-order valence-corrected chi connectivity index (χ2v) is 3.40. The van der Waals surface area contributed by atoms with E-state index in [0.29, 0.717) is 11.9 Å². The molecule has 0 atom stereocenters. The minimum atomic E-state index is -0.993. The first-order valence-corrected chi connectivity index (χ1v) is 4.59. The number of hydrogen-bond donors (Lipinski definition) is 1. The summed E-state index contributed by atoms with van der Waals surface area (Å²) in [5, 5.41) is 12.9. The average molecular weight is 196 g/mol. The molecule has 1 saturated carbocycles. The van der Waals surface area contributed by atoms with Crippen molar-refractivity contribution in [2.24, 2.45) is 0 Å². The van der Waals surface area contributed by atoms with E-state index in [1.165, 1.54) is 19.7 Å². The van der Waals surface area contributed by atoms with Crippen LogP contribution in [0, 0.1) is 0 Å². The molecule has 0 saturated heterocycles. The number of aromatic nitrogens is 2. The van der Waals surface area contributed by atoms with E-state index in [-0.39, 0.29) is 5.56 Å². The molecule has 1 N–H and O–H groups in total. The van der Waals surface area contributed by atoms with Crippen molar-refractivity contribution in [2.45, 2.75) is 25.3 Å². The van der Waals surface area contributed by atoms with Gasteiger partial charge in [-0.25, -0.2) is 9.48 Å². The quantitative estimate of drug-likeness (QED) is 0.791.